The molecular weight excluding hydrogens is 240 g/mol. The Hall–Kier alpha value is -1.07. The highest BCUT2D eigenvalue weighted by Gasteiger charge is 2.01. The lowest BCUT2D eigenvalue weighted by atomic mass is 10.1. The van der Waals surface area contributed by atoms with E-state index in [1.165, 1.54) is 0 Å². The summed E-state index contributed by atoms with van der Waals surface area (Å²) in [5, 5.41) is 0. The summed E-state index contributed by atoms with van der Waals surface area (Å²) in [4.78, 5) is 11.3. The molecule has 72 valence electrons. The van der Waals surface area contributed by atoms with Crippen molar-refractivity contribution in [2.24, 2.45) is 0 Å². The van der Waals surface area contributed by atoms with Gasteiger partial charge in [0.1, 0.15) is 5.78 Å². The fraction of sp³-hybridized carbons (Fsp3) is 0.250. The van der Waals surface area contributed by atoms with Crippen LogP contribution in [0, 0.1) is 11.8 Å². The highest BCUT2D eigenvalue weighted by molar-refractivity contribution is 9.10. The van der Waals surface area contributed by atoms with Crippen molar-refractivity contribution >= 4 is 21.7 Å². The van der Waals surface area contributed by atoms with E-state index in [-0.39, 0.29) is 5.78 Å². The van der Waals surface area contributed by atoms with Gasteiger partial charge in [-0.15, -0.1) is 5.92 Å². The van der Waals surface area contributed by atoms with Crippen LogP contribution in [-0.4, -0.2) is 5.78 Å². The molecule has 1 nitrogen and oxygen atoms in total. The molecule has 0 aliphatic rings. The lowest BCUT2D eigenvalue weighted by Gasteiger charge is -1.98. The molecule has 0 aliphatic carbocycles. The zero-order valence-electron chi connectivity index (χ0n) is 8.01. The van der Waals surface area contributed by atoms with Crippen LogP contribution in [0.1, 0.15) is 18.9 Å². The number of carbonyl (C=O) groups excluding carboxylic acids is 1. The normalized spacial score (nSPS) is 9.00. The number of benzene rings is 1. The average molecular weight is 251 g/mol. The van der Waals surface area contributed by atoms with E-state index < -0.39 is 0 Å². The van der Waals surface area contributed by atoms with Crippen LogP contribution in [0.25, 0.3) is 0 Å². The van der Waals surface area contributed by atoms with Gasteiger partial charge in [0.25, 0.3) is 0 Å². The number of halogens is 1. The van der Waals surface area contributed by atoms with Gasteiger partial charge in [-0.25, -0.2) is 0 Å². The van der Waals surface area contributed by atoms with Crippen LogP contribution in [0.15, 0.2) is 28.7 Å². The van der Waals surface area contributed by atoms with E-state index in [0.29, 0.717) is 12.8 Å². The maximum atomic E-state index is 11.3. The molecule has 2 heteroatoms. The molecule has 0 fully saturated rings. The first kappa shape index (κ1) is 11.0. The van der Waals surface area contributed by atoms with Crippen molar-refractivity contribution < 1.29 is 4.79 Å². The minimum absolute atomic E-state index is 0.168. The molecule has 0 atom stereocenters. The molecule has 14 heavy (non-hydrogen) atoms. The lowest BCUT2D eigenvalue weighted by Crippen LogP contribution is -2.00. The number of carbonyl (C=O) groups is 1. The summed E-state index contributed by atoms with van der Waals surface area (Å²) < 4.78 is 1.03. The highest BCUT2D eigenvalue weighted by Crippen LogP contribution is 2.11. The summed E-state index contributed by atoms with van der Waals surface area (Å²) in [5.74, 6) is 5.65. The summed E-state index contributed by atoms with van der Waals surface area (Å²) >= 11 is 3.35. The molecule has 0 bridgehead atoms. The van der Waals surface area contributed by atoms with Gasteiger partial charge in [0.05, 0.1) is 6.42 Å². The van der Waals surface area contributed by atoms with E-state index in [2.05, 4.69) is 27.8 Å². The molecule has 0 radical (unpaired) electrons. The SMILES string of the molecule is CC#CCC(=O)Cc1ccc(Br)cc1. The van der Waals surface area contributed by atoms with Crippen LogP contribution in [0.4, 0.5) is 0 Å². The van der Waals surface area contributed by atoms with Crippen molar-refractivity contribution in [3.8, 4) is 11.8 Å². The van der Waals surface area contributed by atoms with Gasteiger partial charge in [-0.3, -0.25) is 4.79 Å². The third kappa shape index (κ3) is 3.76. The molecule has 0 unspecified atom stereocenters. The standard InChI is InChI=1S/C12H11BrO/c1-2-3-4-12(14)9-10-5-7-11(13)8-6-10/h5-8H,4,9H2,1H3. The molecule has 1 rings (SSSR count). The van der Waals surface area contributed by atoms with Crippen LogP contribution in [0.5, 0.6) is 0 Å². The second-order valence-electron chi connectivity index (χ2n) is 2.95. The maximum absolute atomic E-state index is 11.3. The van der Waals surface area contributed by atoms with Gasteiger partial charge in [-0.2, -0.15) is 0 Å². The average Bonchev–Trinajstić information content (AvgIpc) is 2.18. The largest absolute Gasteiger partial charge is 0.298 e. The van der Waals surface area contributed by atoms with E-state index in [1.807, 2.05) is 24.3 Å². The summed E-state index contributed by atoms with van der Waals surface area (Å²) in [7, 11) is 0. The minimum atomic E-state index is 0.168. The van der Waals surface area contributed by atoms with E-state index >= 15 is 0 Å². The molecule has 0 saturated heterocycles. The van der Waals surface area contributed by atoms with Crippen LogP contribution >= 0.6 is 15.9 Å². The van der Waals surface area contributed by atoms with Crippen LogP contribution in [0.2, 0.25) is 0 Å². The quantitative estimate of drug-likeness (QED) is 0.755. The van der Waals surface area contributed by atoms with Gasteiger partial charge >= 0.3 is 0 Å². The monoisotopic (exact) mass is 250 g/mol. The number of ketones is 1. The molecule has 1 aromatic rings. The Kier molecular flexibility index (Phi) is 4.42. The highest BCUT2D eigenvalue weighted by atomic mass is 79.9. The minimum Gasteiger partial charge on any atom is -0.298 e. The van der Waals surface area contributed by atoms with E-state index in [9.17, 15) is 4.79 Å². The molecule has 0 amide bonds. The van der Waals surface area contributed by atoms with Crippen molar-refractivity contribution in [1.82, 2.24) is 0 Å². The number of rotatable bonds is 3. The first-order chi connectivity index (χ1) is 6.72. The summed E-state index contributed by atoms with van der Waals surface area (Å²) in [6, 6.07) is 7.77. The lowest BCUT2D eigenvalue weighted by molar-refractivity contribution is -0.117. The predicted molar refractivity (Wildman–Crippen MR) is 60.9 cm³/mol. The Morgan fingerprint density at radius 1 is 1.36 bits per heavy atom. The van der Waals surface area contributed by atoms with E-state index in [0.717, 1.165) is 10.0 Å². The molecule has 1 aromatic carbocycles. The Balaban J connectivity index is 2.55. The fourth-order valence-electron chi connectivity index (χ4n) is 1.08. The molecule has 0 spiro atoms. The zero-order chi connectivity index (χ0) is 10.4. The van der Waals surface area contributed by atoms with Crippen LogP contribution in [-0.2, 0) is 11.2 Å². The molecular formula is C12H11BrO. The third-order valence-corrected chi connectivity index (χ3v) is 2.31. The van der Waals surface area contributed by atoms with Crippen molar-refractivity contribution in [1.29, 1.82) is 0 Å². The van der Waals surface area contributed by atoms with Gasteiger partial charge in [0.15, 0.2) is 0 Å². The smallest absolute Gasteiger partial charge is 0.149 e. The van der Waals surface area contributed by atoms with Crippen molar-refractivity contribution in [3.05, 3.63) is 34.3 Å². The molecule has 0 heterocycles. The molecule has 0 aliphatic heterocycles. The second-order valence-corrected chi connectivity index (χ2v) is 3.86. The van der Waals surface area contributed by atoms with E-state index in [4.69, 9.17) is 0 Å². The summed E-state index contributed by atoms with van der Waals surface area (Å²) in [5.41, 5.74) is 1.04. The first-order valence-corrected chi connectivity index (χ1v) is 5.17. The van der Waals surface area contributed by atoms with Crippen molar-refractivity contribution in [2.75, 3.05) is 0 Å². The van der Waals surface area contributed by atoms with E-state index in [1.54, 1.807) is 6.92 Å². The van der Waals surface area contributed by atoms with Gasteiger partial charge in [-0.05, 0) is 24.6 Å². The second kappa shape index (κ2) is 5.62. The van der Waals surface area contributed by atoms with Gasteiger partial charge in [-0.1, -0.05) is 34.0 Å². The Bertz CT molecular complexity index is 368. The molecule has 0 N–H and O–H groups in total. The predicted octanol–water partition coefficient (Wildman–Crippen LogP) is 2.97. The Morgan fingerprint density at radius 3 is 2.57 bits per heavy atom. The van der Waals surface area contributed by atoms with Gasteiger partial charge < -0.3 is 0 Å². The number of Topliss-reactive ketones (excluding diaryl/α,β-unsaturated/α-hetero) is 1. The summed E-state index contributed by atoms with van der Waals surface area (Å²) in [6.45, 7) is 1.74. The zero-order valence-corrected chi connectivity index (χ0v) is 9.60. The number of hydrogen-bond donors (Lipinski definition) is 0. The van der Waals surface area contributed by atoms with Crippen molar-refractivity contribution in [2.45, 2.75) is 19.8 Å². The van der Waals surface area contributed by atoms with Crippen molar-refractivity contribution in [3.63, 3.8) is 0 Å². The summed E-state index contributed by atoms with van der Waals surface area (Å²) in [6.07, 6.45) is 0.828. The molecule has 0 saturated carbocycles. The fourth-order valence-corrected chi connectivity index (χ4v) is 1.34. The number of hydrogen-bond acceptors (Lipinski definition) is 1. The third-order valence-electron chi connectivity index (χ3n) is 1.78. The van der Waals surface area contributed by atoms with Crippen LogP contribution < -0.4 is 0 Å². The Labute approximate surface area is 92.6 Å². The topological polar surface area (TPSA) is 17.1 Å². The molecule has 0 aromatic heterocycles. The van der Waals surface area contributed by atoms with Crippen LogP contribution in [0.3, 0.4) is 0 Å². The Morgan fingerprint density at radius 2 is 2.00 bits per heavy atom. The maximum Gasteiger partial charge on any atom is 0.149 e. The van der Waals surface area contributed by atoms with Gasteiger partial charge in [0, 0.05) is 10.9 Å². The van der Waals surface area contributed by atoms with Gasteiger partial charge in [0.2, 0.25) is 0 Å². The first-order valence-electron chi connectivity index (χ1n) is 4.38.